The third kappa shape index (κ3) is 2.56. The molecule has 1 aliphatic rings. The van der Waals surface area contributed by atoms with Gasteiger partial charge in [-0.2, -0.15) is 0 Å². The maximum absolute atomic E-state index is 12.8. The van der Waals surface area contributed by atoms with Crippen LogP contribution in [0.4, 0.5) is 0 Å². The lowest BCUT2D eigenvalue weighted by molar-refractivity contribution is -0.139. The van der Waals surface area contributed by atoms with Crippen LogP contribution in [0.3, 0.4) is 0 Å². The van der Waals surface area contributed by atoms with Crippen molar-refractivity contribution in [2.24, 2.45) is 19.8 Å². The number of carbonyl (C=O) groups is 1. The lowest BCUT2D eigenvalue weighted by Gasteiger charge is -2.28. The van der Waals surface area contributed by atoms with Gasteiger partial charge in [0, 0.05) is 19.0 Å². The first-order valence-corrected chi connectivity index (χ1v) is 8.44. The molecule has 2 aromatic heterocycles. The second-order valence-corrected chi connectivity index (χ2v) is 6.45. The van der Waals surface area contributed by atoms with E-state index in [1.165, 1.54) is 30.0 Å². The predicted molar refractivity (Wildman–Crippen MR) is 91.6 cm³/mol. The summed E-state index contributed by atoms with van der Waals surface area (Å²) in [6, 6.07) is 3.60. The second kappa shape index (κ2) is 6.25. The average Bonchev–Trinajstić information content (AvgIpc) is 3.11. The minimum Gasteiger partial charge on any atom is -0.462 e. The van der Waals surface area contributed by atoms with E-state index in [0.717, 1.165) is 9.44 Å². The highest BCUT2D eigenvalue weighted by molar-refractivity contribution is 7.10. The van der Waals surface area contributed by atoms with E-state index in [2.05, 4.69) is 0 Å². The van der Waals surface area contributed by atoms with Gasteiger partial charge in [-0.3, -0.25) is 13.9 Å². The Bertz CT molecular complexity index is 984. The number of rotatable bonds is 3. The number of ether oxygens (including phenoxy) is 2. The van der Waals surface area contributed by atoms with Gasteiger partial charge in [0.1, 0.15) is 5.57 Å². The van der Waals surface area contributed by atoms with Crippen molar-refractivity contribution in [2.75, 3.05) is 6.61 Å². The lowest BCUT2D eigenvalue weighted by Crippen LogP contribution is -2.43. The molecular formula is C16H17N3O5S. The number of aromatic nitrogens is 2. The second-order valence-electron chi connectivity index (χ2n) is 5.47. The predicted octanol–water partition coefficient (Wildman–Crippen LogP) is 0.403. The van der Waals surface area contributed by atoms with Gasteiger partial charge in [0.25, 0.3) is 5.56 Å². The van der Waals surface area contributed by atoms with Crippen LogP contribution in [0.5, 0.6) is 5.88 Å². The first kappa shape index (κ1) is 17.0. The van der Waals surface area contributed by atoms with E-state index in [-0.39, 0.29) is 29.5 Å². The molecule has 0 bridgehead atoms. The SMILES string of the molecule is CCOC(=O)C1=C(N)Oc2c(c(=O)n(C)c(=O)n2C)[C@H]1c1cccs1. The summed E-state index contributed by atoms with van der Waals surface area (Å²) in [5.74, 6) is -1.54. The number of thiophene rings is 1. The molecule has 2 aromatic rings. The molecule has 8 nitrogen and oxygen atoms in total. The van der Waals surface area contributed by atoms with E-state index in [1.807, 2.05) is 5.38 Å². The zero-order valence-corrected chi connectivity index (χ0v) is 14.8. The summed E-state index contributed by atoms with van der Waals surface area (Å²) in [7, 11) is 2.86. The third-order valence-electron chi connectivity index (χ3n) is 4.02. The van der Waals surface area contributed by atoms with E-state index in [1.54, 1.807) is 19.1 Å². The van der Waals surface area contributed by atoms with Crippen LogP contribution in [0.1, 0.15) is 23.3 Å². The van der Waals surface area contributed by atoms with E-state index in [9.17, 15) is 14.4 Å². The summed E-state index contributed by atoms with van der Waals surface area (Å²) < 4.78 is 12.8. The molecule has 3 heterocycles. The number of fused-ring (bicyclic) bond motifs is 1. The number of hydrogen-bond donors (Lipinski definition) is 1. The number of hydrogen-bond acceptors (Lipinski definition) is 7. The normalized spacial score (nSPS) is 16.4. The highest BCUT2D eigenvalue weighted by Gasteiger charge is 2.40. The van der Waals surface area contributed by atoms with Crippen molar-refractivity contribution in [3.05, 3.63) is 60.2 Å². The minimum absolute atomic E-state index is 0.0389. The van der Waals surface area contributed by atoms with Gasteiger partial charge in [-0.1, -0.05) is 6.07 Å². The Morgan fingerprint density at radius 2 is 2.08 bits per heavy atom. The number of nitrogens with zero attached hydrogens (tertiary/aromatic N) is 2. The fourth-order valence-corrected chi connectivity index (χ4v) is 3.68. The highest BCUT2D eigenvalue weighted by Crippen LogP contribution is 2.41. The highest BCUT2D eigenvalue weighted by atomic mass is 32.1. The van der Waals surface area contributed by atoms with Gasteiger partial charge in [0.2, 0.25) is 11.8 Å². The first-order valence-electron chi connectivity index (χ1n) is 7.56. The van der Waals surface area contributed by atoms with Crippen molar-refractivity contribution in [3.8, 4) is 5.88 Å². The summed E-state index contributed by atoms with van der Waals surface area (Å²) in [4.78, 5) is 38.1. The Morgan fingerprint density at radius 3 is 2.68 bits per heavy atom. The van der Waals surface area contributed by atoms with Crippen LogP contribution in [-0.2, 0) is 23.6 Å². The molecule has 0 aliphatic carbocycles. The maximum Gasteiger partial charge on any atom is 0.340 e. The zero-order valence-electron chi connectivity index (χ0n) is 13.9. The zero-order chi connectivity index (χ0) is 18.3. The Labute approximate surface area is 146 Å². The molecule has 25 heavy (non-hydrogen) atoms. The summed E-state index contributed by atoms with van der Waals surface area (Å²) >= 11 is 1.37. The Kier molecular flexibility index (Phi) is 4.25. The fraction of sp³-hybridized carbons (Fsp3) is 0.312. The molecule has 0 fully saturated rings. The number of esters is 1. The summed E-state index contributed by atoms with van der Waals surface area (Å²) in [6.45, 7) is 1.83. The summed E-state index contributed by atoms with van der Waals surface area (Å²) in [5, 5.41) is 1.83. The largest absolute Gasteiger partial charge is 0.462 e. The van der Waals surface area contributed by atoms with Crippen LogP contribution in [0.15, 0.2) is 38.6 Å². The molecule has 2 N–H and O–H groups in total. The maximum atomic E-state index is 12.8. The molecule has 0 saturated heterocycles. The molecular weight excluding hydrogens is 346 g/mol. The van der Waals surface area contributed by atoms with Gasteiger partial charge in [0.15, 0.2) is 0 Å². The Hall–Kier alpha value is -2.81. The van der Waals surface area contributed by atoms with Gasteiger partial charge in [0.05, 0.1) is 18.1 Å². The number of carbonyl (C=O) groups excluding carboxylic acids is 1. The van der Waals surface area contributed by atoms with Gasteiger partial charge >= 0.3 is 11.7 Å². The van der Waals surface area contributed by atoms with Gasteiger partial charge < -0.3 is 15.2 Å². The molecule has 0 saturated carbocycles. The molecule has 0 radical (unpaired) electrons. The van der Waals surface area contributed by atoms with Gasteiger partial charge in [-0.15, -0.1) is 11.3 Å². The van der Waals surface area contributed by atoms with Crippen LogP contribution >= 0.6 is 11.3 Å². The molecule has 132 valence electrons. The fourth-order valence-electron chi connectivity index (χ4n) is 2.84. The quantitative estimate of drug-likeness (QED) is 0.792. The van der Waals surface area contributed by atoms with Crippen molar-refractivity contribution < 1.29 is 14.3 Å². The van der Waals surface area contributed by atoms with Crippen LogP contribution in [0, 0.1) is 0 Å². The van der Waals surface area contributed by atoms with Crippen molar-refractivity contribution in [1.29, 1.82) is 0 Å². The first-order chi connectivity index (χ1) is 11.9. The molecule has 0 unspecified atom stereocenters. The Balaban J connectivity index is 2.36. The van der Waals surface area contributed by atoms with Crippen LogP contribution < -0.4 is 21.7 Å². The van der Waals surface area contributed by atoms with Crippen molar-refractivity contribution >= 4 is 17.3 Å². The standard InChI is InChI=1S/C16H17N3O5S/c1-4-23-15(21)10-9(8-6-5-7-25-8)11-13(20)18(2)16(22)19(3)14(11)24-12(10)17/h5-7,9H,4,17H2,1-3H3/t9-/m0/s1. The van der Waals surface area contributed by atoms with E-state index >= 15 is 0 Å². The van der Waals surface area contributed by atoms with Crippen molar-refractivity contribution in [3.63, 3.8) is 0 Å². The van der Waals surface area contributed by atoms with Crippen LogP contribution in [-0.4, -0.2) is 21.7 Å². The topological polar surface area (TPSA) is 106 Å². The van der Waals surface area contributed by atoms with Crippen LogP contribution in [0.2, 0.25) is 0 Å². The van der Waals surface area contributed by atoms with E-state index in [0.29, 0.717) is 0 Å². The summed E-state index contributed by atoms with van der Waals surface area (Å²) in [6.07, 6.45) is 0. The monoisotopic (exact) mass is 363 g/mol. The average molecular weight is 363 g/mol. The molecule has 9 heteroatoms. The summed E-state index contributed by atoms with van der Waals surface area (Å²) in [5.41, 5.74) is 5.14. The Morgan fingerprint density at radius 1 is 1.36 bits per heavy atom. The molecule has 0 aromatic carbocycles. The van der Waals surface area contributed by atoms with Crippen molar-refractivity contribution in [1.82, 2.24) is 9.13 Å². The minimum atomic E-state index is -0.756. The molecule has 0 amide bonds. The van der Waals surface area contributed by atoms with Crippen LogP contribution in [0.25, 0.3) is 0 Å². The molecule has 0 spiro atoms. The van der Waals surface area contributed by atoms with Gasteiger partial charge in [-0.05, 0) is 18.4 Å². The number of nitrogens with two attached hydrogens (primary N) is 1. The van der Waals surface area contributed by atoms with Gasteiger partial charge in [-0.25, -0.2) is 9.59 Å². The molecule has 1 aliphatic heterocycles. The van der Waals surface area contributed by atoms with Crippen molar-refractivity contribution in [2.45, 2.75) is 12.8 Å². The molecule has 1 atom stereocenters. The smallest absolute Gasteiger partial charge is 0.340 e. The van der Waals surface area contributed by atoms with E-state index < -0.39 is 23.1 Å². The lowest BCUT2D eigenvalue weighted by atomic mass is 9.89. The third-order valence-corrected chi connectivity index (χ3v) is 4.95. The molecule has 3 rings (SSSR count). The van der Waals surface area contributed by atoms with E-state index in [4.69, 9.17) is 15.2 Å².